The average Bonchev–Trinajstić information content (AvgIpc) is 2.26. The maximum Gasteiger partial charge on any atom is 0.394 e. The molecule has 2 bridgehead atoms. The van der Waals surface area contributed by atoms with E-state index in [1.165, 1.54) is 0 Å². The van der Waals surface area contributed by atoms with Crippen molar-refractivity contribution in [2.75, 3.05) is 0 Å². The molecule has 0 radical (unpaired) electrons. The molecule has 4 nitrogen and oxygen atoms in total. The summed E-state index contributed by atoms with van der Waals surface area (Å²) in [5.41, 5.74) is 1.25. The Kier molecular flexibility index (Phi) is 2.36. The Labute approximate surface area is 125 Å². The summed E-state index contributed by atoms with van der Waals surface area (Å²) in [7, 11) is 0. The fraction of sp³-hybridized carbons (Fsp3) is 0.600. The number of aryl methyl sites for hydroxylation is 3. The summed E-state index contributed by atoms with van der Waals surface area (Å²) in [6, 6.07) is 0. The van der Waals surface area contributed by atoms with Gasteiger partial charge in [0.2, 0.25) is 0 Å². The van der Waals surface area contributed by atoms with Gasteiger partial charge in [0.25, 0.3) is 0 Å². The van der Waals surface area contributed by atoms with Gasteiger partial charge in [-0.3, -0.25) is 0 Å². The fourth-order valence-electron chi connectivity index (χ4n) is 3.93. The molecule has 3 aliphatic rings. The smallest absolute Gasteiger partial charge is 0.246 e. The van der Waals surface area contributed by atoms with Gasteiger partial charge in [0, 0.05) is 5.41 Å². The van der Waals surface area contributed by atoms with Crippen LogP contribution in [0.25, 0.3) is 11.2 Å². The van der Waals surface area contributed by atoms with Gasteiger partial charge in [-0.15, -0.1) is 0 Å². The molecule has 0 aliphatic heterocycles. The van der Waals surface area contributed by atoms with Gasteiger partial charge in [-0.1, -0.05) is 0 Å². The molecule has 2 aromatic rings. The maximum absolute atomic E-state index is 13.1. The predicted molar refractivity (Wildman–Crippen MR) is 73.4 cm³/mol. The molecule has 3 saturated carbocycles. The van der Waals surface area contributed by atoms with Crippen LogP contribution >= 0.6 is 0 Å². The predicted octanol–water partition coefficient (Wildman–Crippen LogP) is 3.33. The summed E-state index contributed by atoms with van der Waals surface area (Å²) in [6.07, 6.45) is -3.78. The zero-order valence-electron chi connectivity index (χ0n) is 12.5. The van der Waals surface area contributed by atoms with Crippen molar-refractivity contribution < 1.29 is 13.2 Å². The molecule has 5 rings (SSSR count). The number of rotatable bonds is 1. The average molecular weight is 308 g/mol. The Morgan fingerprint density at radius 1 is 0.864 bits per heavy atom. The summed E-state index contributed by atoms with van der Waals surface area (Å²) >= 11 is 0. The van der Waals surface area contributed by atoms with Gasteiger partial charge >= 0.3 is 6.18 Å². The Hall–Kier alpha value is -1.79. The molecule has 0 amide bonds. The van der Waals surface area contributed by atoms with Crippen molar-refractivity contribution in [1.29, 1.82) is 0 Å². The Morgan fingerprint density at radius 2 is 1.45 bits per heavy atom. The molecule has 0 unspecified atom stereocenters. The third-order valence-electron chi connectivity index (χ3n) is 5.19. The summed E-state index contributed by atoms with van der Waals surface area (Å²) in [5.74, 6) is 0.533. The van der Waals surface area contributed by atoms with Crippen LogP contribution in [0.2, 0.25) is 0 Å². The Bertz CT molecular complexity index is 793. The Morgan fingerprint density at radius 3 is 2.05 bits per heavy atom. The van der Waals surface area contributed by atoms with Crippen LogP contribution in [0.5, 0.6) is 0 Å². The van der Waals surface area contributed by atoms with Crippen molar-refractivity contribution in [3.05, 3.63) is 22.9 Å². The molecule has 0 spiro atoms. The van der Waals surface area contributed by atoms with Crippen LogP contribution in [-0.2, 0) is 5.41 Å². The van der Waals surface area contributed by atoms with E-state index in [9.17, 15) is 13.2 Å². The highest BCUT2D eigenvalue weighted by Crippen LogP contribution is 2.78. The van der Waals surface area contributed by atoms with Crippen LogP contribution in [0.15, 0.2) is 0 Å². The molecular weight excluding hydrogens is 293 g/mol. The van der Waals surface area contributed by atoms with Crippen molar-refractivity contribution >= 4 is 11.2 Å². The van der Waals surface area contributed by atoms with Crippen LogP contribution in [0.3, 0.4) is 0 Å². The van der Waals surface area contributed by atoms with E-state index >= 15 is 0 Å². The molecule has 2 aromatic heterocycles. The van der Waals surface area contributed by atoms with Crippen LogP contribution in [0.1, 0.15) is 42.2 Å². The van der Waals surface area contributed by atoms with Gasteiger partial charge in [-0.25, -0.2) is 19.9 Å². The van der Waals surface area contributed by atoms with Gasteiger partial charge in [0.15, 0.2) is 5.65 Å². The van der Waals surface area contributed by atoms with Crippen molar-refractivity contribution in [2.24, 2.45) is 5.41 Å². The van der Waals surface area contributed by atoms with Gasteiger partial charge in [0.1, 0.15) is 11.3 Å². The van der Waals surface area contributed by atoms with Gasteiger partial charge in [-0.2, -0.15) is 13.2 Å². The second kappa shape index (κ2) is 3.75. The SMILES string of the molecule is Cc1nc(C23CC(C(F)(F)F)(C2)C3)c2nc(C)c(C)nc2n1. The minimum Gasteiger partial charge on any atom is -0.246 e. The lowest BCUT2D eigenvalue weighted by Crippen LogP contribution is -2.70. The van der Waals surface area contributed by atoms with Crippen molar-refractivity contribution in [3.63, 3.8) is 0 Å². The highest BCUT2D eigenvalue weighted by molar-refractivity contribution is 5.75. The van der Waals surface area contributed by atoms with E-state index in [1.807, 2.05) is 13.8 Å². The van der Waals surface area contributed by atoms with Crippen LogP contribution < -0.4 is 0 Å². The first-order chi connectivity index (χ1) is 10.2. The maximum atomic E-state index is 13.1. The number of aromatic nitrogens is 4. The molecule has 0 atom stereocenters. The van der Waals surface area contributed by atoms with E-state index < -0.39 is 17.0 Å². The van der Waals surface area contributed by atoms with Gasteiger partial charge in [0.05, 0.1) is 22.5 Å². The standard InChI is InChI=1S/C15H15F3N4/c1-7-8(2)20-12-10(19-7)11(21-9(3)22-12)13-4-14(5-13,6-13)15(16,17)18/h4-6H2,1-3H3. The molecule has 2 heterocycles. The lowest BCUT2D eigenvalue weighted by molar-refractivity contribution is -0.337. The quantitative estimate of drug-likeness (QED) is 0.811. The highest BCUT2D eigenvalue weighted by Gasteiger charge is 2.79. The number of alkyl halides is 3. The molecule has 0 N–H and O–H groups in total. The largest absolute Gasteiger partial charge is 0.394 e. The zero-order valence-corrected chi connectivity index (χ0v) is 12.5. The fourth-order valence-corrected chi connectivity index (χ4v) is 3.93. The van der Waals surface area contributed by atoms with E-state index in [0.29, 0.717) is 22.7 Å². The normalized spacial score (nSPS) is 30.1. The lowest BCUT2D eigenvalue weighted by Gasteiger charge is -2.70. The molecule has 0 aromatic carbocycles. The number of hydrogen-bond acceptors (Lipinski definition) is 4. The number of halogens is 3. The number of nitrogens with zero attached hydrogens (tertiary/aromatic N) is 4. The third-order valence-corrected chi connectivity index (χ3v) is 5.19. The monoisotopic (exact) mass is 308 g/mol. The second-order valence-electron chi connectivity index (χ2n) is 6.77. The van der Waals surface area contributed by atoms with Gasteiger partial charge in [-0.05, 0) is 40.0 Å². The van der Waals surface area contributed by atoms with Crippen LogP contribution in [-0.4, -0.2) is 26.1 Å². The van der Waals surface area contributed by atoms with Gasteiger partial charge < -0.3 is 0 Å². The minimum absolute atomic E-state index is 0.115. The molecular formula is C15H15F3N4. The number of fused-ring (bicyclic) bond motifs is 1. The van der Waals surface area contributed by atoms with Crippen molar-refractivity contribution in [2.45, 2.75) is 51.6 Å². The third kappa shape index (κ3) is 1.54. The van der Waals surface area contributed by atoms with E-state index in [0.717, 1.165) is 11.4 Å². The highest BCUT2D eigenvalue weighted by atomic mass is 19.4. The molecule has 22 heavy (non-hydrogen) atoms. The van der Waals surface area contributed by atoms with Crippen molar-refractivity contribution in [3.8, 4) is 0 Å². The first-order valence-electron chi connectivity index (χ1n) is 7.23. The van der Waals surface area contributed by atoms with E-state index in [1.54, 1.807) is 6.92 Å². The van der Waals surface area contributed by atoms with E-state index in [-0.39, 0.29) is 19.3 Å². The Balaban J connectivity index is 1.83. The van der Waals surface area contributed by atoms with Crippen LogP contribution in [0.4, 0.5) is 13.2 Å². The second-order valence-corrected chi connectivity index (χ2v) is 6.77. The summed E-state index contributed by atoms with van der Waals surface area (Å²) in [4.78, 5) is 17.6. The molecule has 3 fully saturated rings. The van der Waals surface area contributed by atoms with Crippen LogP contribution in [0, 0.1) is 26.2 Å². The number of hydrogen-bond donors (Lipinski definition) is 0. The first kappa shape index (κ1) is 13.8. The molecule has 0 saturated heterocycles. The lowest BCUT2D eigenvalue weighted by atomic mass is 9.34. The van der Waals surface area contributed by atoms with E-state index in [2.05, 4.69) is 19.9 Å². The van der Waals surface area contributed by atoms with E-state index in [4.69, 9.17) is 0 Å². The first-order valence-corrected chi connectivity index (χ1v) is 7.23. The molecule has 3 aliphatic carbocycles. The topological polar surface area (TPSA) is 51.6 Å². The molecule has 7 heteroatoms. The molecule has 116 valence electrons. The minimum atomic E-state index is -4.12. The summed E-state index contributed by atoms with van der Waals surface area (Å²) < 4.78 is 39.2. The summed E-state index contributed by atoms with van der Waals surface area (Å²) in [5, 5.41) is 0. The zero-order chi connectivity index (χ0) is 15.9. The summed E-state index contributed by atoms with van der Waals surface area (Å²) in [6.45, 7) is 5.42. The van der Waals surface area contributed by atoms with Crippen molar-refractivity contribution in [1.82, 2.24) is 19.9 Å².